The number of hydrogen-bond donors (Lipinski definition) is 2. The SMILES string of the molecule is CC(C)(C)c1nc(C2CCC2)cc(N2CCN(CCC3CCC(NC(=O)O)CC3)CC2)n1. The zero-order chi connectivity index (χ0) is 22.7. The van der Waals surface area contributed by atoms with Gasteiger partial charge in [0.25, 0.3) is 0 Å². The summed E-state index contributed by atoms with van der Waals surface area (Å²) in [5.41, 5.74) is 1.22. The number of aromatic nitrogens is 2. The van der Waals surface area contributed by atoms with Crippen LogP contribution in [0.15, 0.2) is 6.07 Å². The number of rotatable bonds is 6. The van der Waals surface area contributed by atoms with Gasteiger partial charge in [-0.05, 0) is 57.4 Å². The third-order valence-electron chi connectivity index (χ3n) is 7.65. The molecule has 32 heavy (non-hydrogen) atoms. The molecule has 2 saturated carbocycles. The molecule has 2 N–H and O–H groups in total. The number of piperazine rings is 1. The van der Waals surface area contributed by atoms with E-state index in [0.29, 0.717) is 5.92 Å². The van der Waals surface area contributed by atoms with Crippen molar-refractivity contribution in [3.63, 3.8) is 0 Å². The molecule has 1 aromatic rings. The van der Waals surface area contributed by atoms with Gasteiger partial charge >= 0.3 is 6.09 Å². The summed E-state index contributed by atoms with van der Waals surface area (Å²) < 4.78 is 0. The van der Waals surface area contributed by atoms with Crippen molar-refractivity contribution in [1.29, 1.82) is 0 Å². The summed E-state index contributed by atoms with van der Waals surface area (Å²) in [6.45, 7) is 12.0. The summed E-state index contributed by atoms with van der Waals surface area (Å²) in [5, 5.41) is 11.5. The van der Waals surface area contributed by atoms with Crippen molar-refractivity contribution in [3.05, 3.63) is 17.6 Å². The van der Waals surface area contributed by atoms with Crippen LogP contribution in [0.1, 0.15) is 89.6 Å². The van der Waals surface area contributed by atoms with Crippen molar-refractivity contribution in [2.24, 2.45) is 5.92 Å². The third-order valence-corrected chi connectivity index (χ3v) is 7.65. The number of amides is 1. The molecule has 0 aromatic carbocycles. The molecule has 4 rings (SSSR count). The minimum Gasteiger partial charge on any atom is -0.465 e. The summed E-state index contributed by atoms with van der Waals surface area (Å²) in [5.74, 6) is 3.46. The van der Waals surface area contributed by atoms with E-state index in [4.69, 9.17) is 15.1 Å². The molecule has 0 atom stereocenters. The van der Waals surface area contributed by atoms with E-state index in [1.54, 1.807) is 0 Å². The lowest BCUT2D eigenvalue weighted by Crippen LogP contribution is -2.47. The van der Waals surface area contributed by atoms with Crippen LogP contribution in [0.25, 0.3) is 0 Å². The van der Waals surface area contributed by atoms with Gasteiger partial charge in [-0.25, -0.2) is 14.8 Å². The molecular formula is C25H41N5O2. The van der Waals surface area contributed by atoms with E-state index in [-0.39, 0.29) is 11.5 Å². The third kappa shape index (κ3) is 5.91. The van der Waals surface area contributed by atoms with Crippen LogP contribution in [0.2, 0.25) is 0 Å². The smallest absolute Gasteiger partial charge is 0.404 e. The minimum atomic E-state index is -0.885. The van der Waals surface area contributed by atoms with Crippen LogP contribution in [0.4, 0.5) is 10.6 Å². The fraction of sp³-hybridized carbons (Fsp3) is 0.800. The summed E-state index contributed by atoms with van der Waals surface area (Å²) >= 11 is 0. The second-order valence-corrected chi connectivity index (χ2v) is 11.1. The largest absolute Gasteiger partial charge is 0.465 e. The first-order valence-corrected chi connectivity index (χ1v) is 12.6. The van der Waals surface area contributed by atoms with Gasteiger partial charge in [0.1, 0.15) is 11.6 Å². The molecule has 2 aliphatic carbocycles. The maximum Gasteiger partial charge on any atom is 0.404 e. The van der Waals surface area contributed by atoms with Crippen molar-refractivity contribution in [2.75, 3.05) is 37.6 Å². The normalized spacial score (nSPS) is 25.4. The van der Waals surface area contributed by atoms with E-state index in [1.807, 2.05) is 0 Å². The maximum absolute atomic E-state index is 10.8. The van der Waals surface area contributed by atoms with Crippen molar-refractivity contribution in [2.45, 2.75) is 89.5 Å². The average Bonchev–Trinajstić information content (AvgIpc) is 2.71. The summed E-state index contributed by atoms with van der Waals surface area (Å²) in [6.07, 6.45) is 8.46. The average molecular weight is 444 g/mol. The second-order valence-electron chi connectivity index (χ2n) is 11.1. The molecule has 1 aromatic heterocycles. The number of anilines is 1. The van der Waals surface area contributed by atoms with Gasteiger partial charge < -0.3 is 15.3 Å². The van der Waals surface area contributed by atoms with E-state index in [9.17, 15) is 4.79 Å². The van der Waals surface area contributed by atoms with Crippen LogP contribution in [0.3, 0.4) is 0 Å². The van der Waals surface area contributed by atoms with E-state index in [1.165, 1.54) is 31.4 Å². The van der Waals surface area contributed by atoms with Gasteiger partial charge in [0.2, 0.25) is 0 Å². The Bertz CT molecular complexity index is 773. The fourth-order valence-corrected chi connectivity index (χ4v) is 5.20. The van der Waals surface area contributed by atoms with Gasteiger partial charge in [0, 0.05) is 55.3 Å². The topological polar surface area (TPSA) is 81.6 Å². The lowest BCUT2D eigenvalue weighted by atomic mass is 9.82. The molecule has 1 saturated heterocycles. The molecule has 7 heteroatoms. The minimum absolute atomic E-state index is 0.0324. The van der Waals surface area contributed by atoms with Crippen molar-refractivity contribution < 1.29 is 9.90 Å². The highest BCUT2D eigenvalue weighted by Crippen LogP contribution is 2.37. The highest BCUT2D eigenvalue weighted by molar-refractivity contribution is 5.64. The first kappa shape index (κ1) is 23.3. The first-order valence-electron chi connectivity index (χ1n) is 12.6. The van der Waals surface area contributed by atoms with Crippen LogP contribution in [0.5, 0.6) is 0 Å². The summed E-state index contributed by atoms with van der Waals surface area (Å²) in [7, 11) is 0. The standard InChI is InChI=1S/C25H41N5O2/c1-25(2,3)23-27-21(19-5-4-6-19)17-22(28-23)30-15-13-29(14-16-30)12-11-18-7-9-20(10-8-18)26-24(31)32/h17-20,26H,4-16H2,1-3H3,(H,31,32). The lowest BCUT2D eigenvalue weighted by molar-refractivity contribution is 0.177. The zero-order valence-corrected chi connectivity index (χ0v) is 20.1. The molecule has 3 aliphatic rings. The highest BCUT2D eigenvalue weighted by atomic mass is 16.4. The zero-order valence-electron chi connectivity index (χ0n) is 20.1. The van der Waals surface area contributed by atoms with Crippen LogP contribution < -0.4 is 10.2 Å². The van der Waals surface area contributed by atoms with Gasteiger partial charge in [0.05, 0.1) is 0 Å². The highest BCUT2D eigenvalue weighted by Gasteiger charge is 2.28. The molecule has 178 valence electrons. The van der Waals surface area contributed by atoms with E-state index in [2.05, 4.69) is 42.0 Å². The predicted octanol–water partition coefficient (Wildman–Crippen LogP) is 4.38. The Morgan fingerprint density at radius 1 is 1.06 bits per heavy atom. The Hall–Kier alpha value is -1.89. The van der Waals surface area contributed by atoms with Gasteiger partial charge in [-0.1, -0.05) is 27.2 Å². The number of nitrogens with one attached hydrogen (secondary N) is 1. The van der Waals surface area contributed by atoms with E-state index >= 15 is 0 Å². The number of hydrogen-bond acceptors (Lipinski definition) is 5. The van der Waals surface area contributed by atoms with Gasteiger partial charge in [-0.15, -0.1) is 0 Å². The van der Waals surface area contributed by atoms with Gasteiger partial charge in [-0.2, -0.15) is 0 Å². The molecule has 2 heterocycles. The monoisotopic (exact) mass is 443 g/mol. The van der Waals surface area contributed by atoms with E-state index in [0.717, 1.165) is 76.0 Å². The Morgan fingerprint density at radius 3 is 2.31 bits per heavy atom. The maximum atomic E-state index is 10.8. The quantitative estimate of drug-likeness (QED) is 0.679. The van der Waals surface area contributed by atoms with Crippen LogP contribution in [-0.2, 0) is 5.41 Å². The summed E-state index contributed by atoms with van der Waals surface area (Å²) in [6, 6.07) is 2.42. The van der Waals surface area contributed by atoms with Crippen molar-refractivity contribution in [3.8, 4) is 0 Å². The van der Waals surface area contributed by atoms with E-state index < -0.39 is 6.09 Å². The number of nitrogens with zero attached hydrogens (tertiary/aromatic N) is 4. The molecule has 0 spiro atoms. The van der Waals surface area contributed by atoms with Crippen molar-refractivity contribution in [1.82, 2.24) is 20.2 Å². The lowest BCUT2D eigenvalue weighted by Gasteiger charge is -2.37. The van der Waals surface area contributed by atoms with Crippen LogP contribution in [-0.4, -0.2) is 64.8 Å². The van der Waals surface area contributed by atoms with Gasteiger partial charge in [0.15, 0.2) is 0 Å². The molecule has 1 aliphatic heterocycles. The number of carbonyl (C=O) groups is 1. The predicted molar refractivity (Wildman–Crippen MR) is 128 cm³/mol. The van der Waals surface area contributed by atoms with Crippen LogP contribution in [0, 0.1) is 5.92 Å². The molecule has 3 fully saturated rings. The Kier molecular flexibility index (Phi) is 7.23. The molecule has 1 amide bonds. The van der Waals surface area contributed by atoms with Gasteiger partial charge in [-0.3, -0.25) is 4.90 Å². The molecular weight excluding hydrogens is 402 g/mol. The first-order chi connectivity index (χ1) is 15.3. The van der Waals surface area contributed by atoms with Crippen LogP contribution >= 0.6 is 0 Å². The Morgan fingerprint density at radius 2 is 1.75 bits per heavy atom. The second kappa shape index (κ2) is 9.94. The fourth-order valence-electron chi connectivity index (χ4n) is 5.20. The summed E-state index contributed by atoms with van der Waals surface area (Å²) in [4.78, 5) is 25.8. The number of carboxylic acid groups (broad SMARTS) is 1. The Balaban J connectivity index is 1.27. The molecule has 0 radical (unpaired) electrons. The molecule has 0 unspecified atom stereocenters. The Labute approximate surface area is 193 Å². The molecule has 0 bridgehead atoms. The van der Waals surface area contributed by atoms with Crippen molar-refractivity contribution >= 4 is 11.9 Å². The molecule has 7 nitrogen and oxygen atoms in total.